The van der Waals surface area contributed by atoms with Crippen LogP contribution < -0.4 is 5.32 Å². The first-order chi connectivity index (χ1) is 13.1. The minimum atomic E-state index is -0.814. The molecular weight excluding hydrogens is 353 g/mol. The highest BCUT2D eigenvalue weighted by molar-refractivity contribution is 5.99. The van der Waals surface area contributed by atoms with Crippen LogP contribution in [-0.2, 0) is 20.9 Å². The topological polar surface area (TPSA) is 94.3 Å². The van der Waals surface area contributed by atoms with Gasteiger partial charge in [-0.05, 0) is 29.8 Å². The number of halogens is 1. The van der Waals surface area contributed by atoms with Gasteiger partial charge in [-0.3, -0.25) is 9.59 Å². The van der Waals surface area contributed by atoms with E-state index >= 15 is 0 Å². The van der Waals surface area contributed by atoms with Gasteiger partial charge in [0.15, 0.2) is 6.61 Å². The summed E-state index contributed by atoms with van der Waals surface area (Å²) >= 11 is 0. The van der Waals surface area contributed by atoms with E-state index in [-0.39, 0.29) is 30.5 Å². The van der Waals surface area contributed by atoms with Crippen molar-refractivity contribution in [3.63, 3.8) is 0 Å². The van der Waals surface area contributed by atoms with Gasteiger partial charge in [0, 0.05) is 17.7 Å². The van der Waals surface area contributed by atoms with Crippen molar-refractivity contribution in [2.24, 2.45) is 0 Å². The van der Waals surface area contributed by atoms with Crippen molar-refractivity contribution in [2.75, 3.05) is 5.32 Å². The number of fused-ring (bicyclic) bond motifs is 1. The van der Waals surface area contributed by atoms with Crippen LogP contribution in [0.3, 0.4) is 0 Å². The predicted octanol–water partition coefficient (Wildman–Crippen LogP) is 3.04. The van der Waals surface area contributed by atoms with Crippen molar-refractivity contribution >= 4 is 17.6 Å². The number of nitrogens with one attached hydrogen (secondary N) is 1. The normalized spacial score (nSPS) is 15.7. The van der Waals surface area contributed by atoms with Gasteiger partial charge < -0.3 is 14.5 Å². The molecule has 1 aliphatic rings. The number of ether oxygens (including phenoxy) is 1. The summed E-state index contributed by atoms with van der Waals surface area (Å²) in [6.45, 7) is -0.215. The van der Waals surface area contributed by atoms with Gasteiger partial charge in [0.25, 0.3) is 5.89 Å². The van der Waals surface area contributed by atoms with E-state index < -0.39 is 17.7 Å². The van der Waals surface area contributed by atoms with Crippen molar-refractivity contribution in [3.8, 4) is 11.5 Å². The summed E-state index contributed by atoms with van der Waals surface area (Å²) in [7, 11) is 0. The first-order valence-electron chi connectivity index (χ1n) is 8.24. The number of amides is 1. The van der Waals surface area contributed by atoms with E-state index in [1.54, 1.807) is 0 Å². The molecule has 1 amide bonds. The zero-order chi connectivity index (χ0) is 18.8. The van der Waals surface area contributed by atoms with Crippen molar-refractivity contribution in [3.05, 3.63) is 65.8 Å². The Bertz CT molecular complexity index is 1000. The fourth-order valence-corrected chi connectivity index (χ4v) is 2.89. The van der Waals surface area contributed by atoms with Crippen LogP contribution in [0.2, 0.25) is 0 Å². The Hall–Kier alpha value is -3.55. The van der Waals surface area contributed by atoms with E-state index in [2.05, 4.69) is 15.5 Å². The summed E-state index contributed by atoms with van der Waals surface area (Å²) < 4.78 is 24.1. The Morgan fingerprint density at radius 2 is 2.04 bits per heavy atom. The fourth-order valence-electron chi connectivity index (χ4n) is 2.89. The molecule has 2 heterocycles. The molecular formula is C19H14FN3O4. The summed E-state index contributed by atoms with van der Waals surface area (Å²) in [5.74, 6) is -1.84. The number of esters is 1. The number of nitrogens with zero attached hydrogens (tertiary/aromatic N) is 2. The van der Waals surface area contributed by atoms with E-state index in [1.165, 1.54) is 18.2 Å². The smallest absolute Gasteiger partial charge is 0.314 e. The summed E-state index contributed by atoms with van der Waals surface area (Å²) in [6, 6.07) is 13.1. The first kappa shape index (κ1) is 16.9. The van der Waals surface area contributed by atoms with E-state index in [1.807, 2.05) is 30.3 Å². The maximum Gasteiger partial charge on any atom is 0.314 e. The van der Waals surface area contributed by atoms with Crippen LogP contribution in [0.25, 0.3) is 11.5 Å². The molecule has 0 aliphatic carbocycles. The van der Waals surface area contributed by atoms with Gasteiger partial charge in [-0.1, -0.05) is 24.3 Å². The molecule has 0 spiro atoms. The first-order valence-corrected chi connectivity index (χ1v) is 8.24. The lowest BCUT2D eigenvalue weighted by molar-refractivity contribution is -0.148. The quantitative estimate of drug-likeness (QED) is 0.712. The zero-order valence-electron chi connectivity index (χ0n) is 14.0. The average molecular weight is 367 g/mol. The Kier molecular flexibility index (Phi) is 4.37. The summed E-state index contributed by atoms with van der Waals surface area (Å²) in [6.07, 6.45) is -0.0729. The van der Waals surface area contributed by atoms with Crippen LogP contribution in [-0.4, -0.2) is 22.1 Å². The molecule has 0 bridgehead atoms. The van der Waals surface area contributed by atoms with Crippen LogP contribution in [0, 0.1) is 5.82 Å². The Morgan fingerprint density at radius 3 is 2.85 bits per heavy atom. The highest BCUT2D eigenvalue weighted by Crippen LogP contribution is 2.33. The maximum atomic E-state index is 13.4. The van der Waals surface area contributed by atoms with Gasteiger partial charge in [0.05, 0.1) is 5.92 Å². The summed E-state index contributed by atoms with van der Waals surface area (Å²) in [5.41, 5.74) is 1.54. The molecule has 2 aromatic carbocycles. The molecule has 8 heteroatoms. The van der Waals surface area contributed by atoms with Crippen molar-refractivity contribution in [1.82, 2.24) is 10.2 Å². The van der Waals surface area contributed by atoms with Crippen molar-refractivity contribution in [1.29, 1.82) is 0 Å². The molecule has 0 saturated heterocycles. The molecule has 136 valence electrons. The third kappa shape index (κ3) is 3.55. The third-order valence-electron chi connectivity index (χ3n) is 4.16. The van der Waals surface area contributed by atoms with E-state index in [0.717, 1.165) is 5.56 Å². The number of hydrogen-bond acceptors (Lipinski definition) is 6. The van der Waals surface area contributed by atoms with Crippen LogP contribution in [0.4, 0.5) is 10.1 Å². The molecule has 0 unspecified atom stereocenters. The summed E-state index contributed by atoms with van der Waals surface area (Å²) in [5, 5.41) is 10.3. The third-order valence-corrected chi connectivity index (χ3v) is 4.16. The molecule has 7 nitrogen and oxygen atoms in total. The number of anilines is 1. The Balaban J connectivity index is 1.46. The Labute approximate surface area is 153 Å². The number of aromatic nitrogens is 2. The summed E-state index contributed by atoms with van der Waals surface area (Å²) in [4.78, 5) is 24.3. The zero-order valence-corrected chi connectivity index (χ0v) is 14.0. The highest BCUT2D eigenvalue weighted by atomic mass is 19.1. The van der Waals surface area contributed by atoms with Gasteiger partial charge in [0.2, 0.25) is 11.8 Å². The lowest BCUT2D eigenvalue weighted by Crippen LogP contribution is -2.28. The molecule has 0 saturated carbocycles. The molecule has 0 fully saturated rings. The minimum Gasteiger partial charge on any atom is -0.455 e. The standard InChI is InChI=1S/C19H14FN3O4/c20-12-6-7-13-14(9-16(24)21-15(13)8-12)19(25)26-10-17-22-23-18(27-17)11-4-2-1-3-5-11/h1-8,14H,9-10H2,(H,21,24)/t14-/m1/s1. The monoisotopic (exact) mass is 367 g/mol. The van der Waals surface area contributed by atoms with Gasteiger partial charge in [0.1, 0.15) is 5.82 Å². The minimum absolute atomic E-state index is 0.0729. The van der Waals surface area contributed by atoms with Gasteiger partial charge in [-0.25, -0.2) is 4.39 Å². The molecule has 1 aliphatic heterocycles. The molecule has 1 N–H and O–H groups in total. The Morgan fingerprint density at radius 1 is 1.22 bits per heavy atom. The molecule has 1 atom stereocenters. The number of carbonyl (C=O) groups is 2. The van der Waals surface area contributed by atoms with E-state index in [4.69, 9.17) is 9.15 Å². The van der Waals surface area contributed by atoms with Crippen LogP contribution in [0.1, 0.15) is 23.8 Å². The number of benzene rings is 2. The lowest BCUT2D eigenvalue weighted by atomic mass is 9.90. The van der Waals surface area contributed by atoms with Crippen LogP contribution in [0.5, 0.6) is 0 Å². The van der Waals surface area contributed by atoms with Gasteiger partial charge in [-0.2, -0.15) is 0 Å². The van der Waals surface area contributed by atoms with Gasteiger partial charge in [-0.15, -0.1) is 10.2 Å². The molecule has 27 heavy (non-hydrogen) atoms. The molecule has 0 radical (unpaired) electrons. The van der Waals surface area contributed by atoms with Crippen LogP contribution in [0.15, 0.2) is 52.9 Å². The predicted molar refractivity (Wildman–Crippen MR) is 91.9 cm³/mol. The second kappa shape index (κ2) is 6.99. The van der Waals surface area contributed by atoms with Gasteiger partial charge >= 0.3 is 5.97 Å². The van der Waals surface area contributed by atoms with E-state index in [0.29, 0.717) is 11.5 Å². The largest absolute Gasteiger partial charge is 0.455 e. The second-order valence-electron chi connectivity index (χ2n) is 6.01. The highest BCUT2D eigenvalue weighted by Gasteiger charge is 2.32. The molecule has 1 aromatic heterocycles. The second-order valence-corrected chi connectivity index (χ2v) is 6.01. The average Bonchev–Trinajstić information content (AvgIpc) is 3.15. The fraction of sp³-hybridized carbons (Fsp3) is 0.158. The SMILES string of the molecule is O=C1C[C@@H](C(=O)OCc2nnc(-c3ccccc3)o2)c2ccc(F)cc2N1. The van der Waals surface area contributed by atoms with Crippen molar-refractivity contribution < 1.29 is 23.1 Å². The lowest BCUT2D eigenvalue weighted by Gasteiger charge is -2.23. The number of hydrogen-bond donors (Lipinski definition) is 1. The van der Waals surface area contributed by atoms with Crippen molar-refractivity contribution in [2.45, 2.75) is 18.9 Å². The molecule has 3 aromatic rings. The number of carbonyl (C=O) groups excluding carboxylic acids is 2. The van der Waals surface area contributed by atoms with Crippen LogP contribution >= 0.6 is 0 Å². The molecule has 4 rings (SSSR count). The van der Waals surface area contributed by atoms with E-state index in [9.17, 15) is 14.0 Å². The number of rotatable bonds is 4. The maximum absolute atomic E-state index is 13.4.